The van der Waals surface area contributed by atoms with Crippen LogP contribution in [-0.2, 0) is 4.79 Å². The van der Waals surface area contributed by atoms with Crippen LogP contribution in [0.1, 0.15) is 40.0 Å². The summed E-state index contributed by atoms with van der Waals surface area (Å²) < 4.78 is 0. The third kappa shape index (κ3) is 7.32. The van der Waals surface area contributed by atoms with Crippen molar-refractivity contribution in [1.29, 1.82) is 0 Å². The maximum Gasteiger partial charge on any atom is 0.303 e. The SMILES string of the molecule is CC(C)=CCC[C@@H](C)CC(=O)O. The number of carboxylic acids is 1. The fourth-order valence-corrected chi connectivity index (χ4v) is 1.06. The van der Waals surface area contributed by atoms with Crippen molar-refractivity contribution >= 4 is 5.97 Å². The van der Waals surface area contributed by atoms with Crippen molar-refractivity contribution in [1.82, 2.24) is 0 Å². The Balaban J connectivity index is 3.50. The van der Waals surface area contributed by atoms with Crippen molar-refractivity contribution in [2.24, 2.45) is 5.92 Å². The lowest BCUT2D eigenvalue weighted by atomic mass is 10.0. The molecular weight excluding hydrogens is 152 g/mol. The molecule has 2 nitrogen and oxygen atoms in total. The number of aliphatic carboxylic acids is 1. The molecule has 2 heteroatoms. The van der Waals surface area contributed by atoms with E-state index in [0.717, 1.165) is 12.8 Å². The van der Waals surface area contributed by atoms with Gasteiger partial charge in [-0.15, -0.1) is 0 Å². The minimum atomic E-state index is -0.695. The normalized spacial score (nSPS) is 12.2. The van der Waals surface area contributed by atoms with Gasteiger partial charge >= 0.3 is 5.97 Å². The fraction of sp³-hybridized carbons (Fsp3) is 0.700. The van der Waals surface area contributed by atoms with Crippen LogP contribution in [0, 0.1) is 5.92 Å². The summed E-state index contributed by atoms with van der Waals surface area (Å²) >= 11 is 0. The Bertz CT molecular complexity index is 167. The van der Waals surface area contributed by atoms with Gasteiger partial charge in [-0.2, -0.15) is 0 Å². The second kappa shape index (κ2) is 5.81. The van der Waals surface area contributed by atoms with E-state index >= 15 is 0 Å². The first-order valence-corrected chi connectivity index (χ1v) is 4.37. The topological polar surface area (TPSA) is 37.3 Å². The van der Waals surface area contributed by atoms with Gasteiger partial charge in [0.1, 0.15) is 0 Å². The summed E-state index contributed by atoms with van der Waals surface area (Å²) in [7, 11) is 0. The van der Waals surface area contributed by atoms with Crippen molar-refractivity contribution in [3.63, 3.8) is 0 Å². The number of hydrogen-bond acceptors (Lipinski definition) is 1. The van der Waals surface area contributed by atoms with E-state index in [-0.39, 0.29) is 12.3 Å². The average molecular weight is 170 g/mol. The fourth-order valence-electron chi connectivity index (χ4n) is 1.06. The minimum Gasteiger partial charge on any atom is -0.481 e. The highest BCUT2D eigenvalue weighted by atomic mass is 16.4. The van der Waals surface area contributed by atoms with Crippen LogP contribution in [0.2, 0.25) is 0 Å². The summed E-state index contributed by atoms with van der Waals surface area (Å²) in [6.07, 6.45) is 4.41. The highest BCUT2D eigenvalue weighted by Crippen LogP contribution is 2.11. The Morgan fingerprint density at radius 2 is 2.08 bits per heavy atom. The third-order valence-electron chi connectivity index (χ3n) is 1.74. The smallest absolute Gasteiger partial charge is 0.303 e. The molecule has 0 aliphatic carbocycles. The molecule has 70 valence electrons. The van der Waals surface area contributed by atoms with Gasteiger partial charge in [-0.05, 0) is 32.6 Å². The zero-order chi connectivity index (χ0) is 9.56. The second-order valence-electron chi connectivity index (χ2n) is 3.56. The molecule has 0 aromatic heterocycles. The van der Waals surface area contributed by atoms with Gasteiger partial charge in [-0.1, -0.05) is 18.6 Å². The van der Waals surface area contributed by atoms with Gasteiger partial charge < -0.3 is 5.11 Å². The molecule has 0 spiro atoms. The Morgan fingerprint density at radius 3 is 2.50 bits per heavy atom. The Morgan fingerprint density at radius 1 is 1.50 bits per heavy atom. The molecule has 1 atom stereocenters. The van der Waals surface area contributed by atoms with Gasteiger partial charge in [0, 0.05) is 6.42 Å². The molecule has 0 aromatic rings. The zero-order valence-corrected chi connectivity index (χ0v) is 8.13. The quantitative estimate of drug-likeness (QED) is 0.644. The molecule has 0 heterocycles. The molecule has 0 amide bonds. The Kier molecular flexibility index (Phi) is 5.43. The lowest BCUT2D eigenvalue weighted by Crippen LogP contribution is -2.03. The zero-order valence-electron chi connectivity index (χ0n) is 8.13. The molecule has 0 saturated carbocycles. The van der Waals surface area contributed by atoms with Gasteiger partial charge in [0.25, 0.3) is 0 Å². The van der Waals surface area contributed by atoms with E-state index in [2.05, 4.69) is 19.9 Å². The Labute approximate surface area is 74.3 Å². The molecule has 1 N–H and O–H groups in total. The number of allylic oxidation sites excluding steroid dienone is 2. The van der Waals surface area contributed by atoms with Crippen molar-refractivity contribution in [3.05, 3.63) is 11.6 Å². The molecule has 0 fully saturated rings. The van der Waals surface area contributed by atoms with E-state index in [0.29, 0.717) is 0 Å². The molecule has 0 saturated heterocycles. The summed E-state index contributed by atoms with van der Waals surface area (Å²) in [6, 6.07) is 0. The second-order valence-corrected chi connectivity index (χ2v) is 3.56. The molecule has 12 heavy (non-hydrogen) atoms. The van der Waals surface area contributed by atoms with Crippen LogP contribution in [-0.4, -0.2) is 11.1 Å². The predicted molar refractivity (Wildman–Crippen MR) is 50.1 cm³/mol. The molecule has 0 radical (unpaired) electrons. The van der Waals surface area contributed by atoms with Gasteiger partial charge in [0.15, 0.2) is 0 Å². The maximum absolute atomic E-state index is 10.3. The molecule has 0 rings (SSSR count). The summed E-state index contributed by atoms with van der Waals surface area (Å²) in [5.41, 5.74) is 1.30. The van der Waals surface area contributed by atoms with Gasteiger partial charge in [0.2, 0.25) is 0 Å². The Hall–Kier alpha value is -0.790. The van der Waals surface area contributed by atoms with Crippen molar-refractivity contribution in [2.45, 2.75) is 40.0 Å². The number of hydrogen-bond donors (Lipinski definition) is 1. The average Bonchev–Trinajstić information content (AvgIpc) is 1.84. The van der Waals surface area contributed by atoms with Crippen LogP contribution in [0.5, 0.6) is 0 Å². The molecule has 0 unspecified atom stereocenters. The first kappa shape index (κ1) is 11.2. The van der Waals surface area contributed by atoms with E-state index in [4.69, 9.17) is 5.11 Å². The van der Waals surface area contributed by atoms with Gasteiger partial charge in [0.05, 0.1) is 0 Å². The number of rotatable bonds is 5. The number of carboxylic acid groups (broad SMARTS) is 1. The van der Waals surface area contributed by atoms with E-state index < -0.39 is 5.97 Å². The third-order valence-corrected chi connectivity index (χ3v) is 1.74. The van der Waals surface area contributed by atoms with E-state index in [9.17, 15) is 4.79 Å². The summed E-state index contributed by atoms with van der Waals surface area (Å²) in [5.74, 6) is -0.405. The maximum atomic E-state index is 10.3. The lowest BCUT2D eigenvalue weighted by Gasteiger charge is -2.05. The van der Waals surface area contributed by atoms with Crippen LogP contribution in [0.25, 0.3) is 0 Å². The van der Waals surface area contributed by atoms with Crippen LogP contribution in [0.3, 0.4) is 0 Å². The molecule has 0 aromatic carbocycles. The van der Waals surface area contributed by atoms with Gasteiger partial charge in [-0.25, -0.2) is 0 Å². The number of carbonyl (C=O) groups is 1. The first-order valence-electron chi connectivity index (χ1n) is 4.37. The van der Waals surface area contributed by atoms with E-state index in [1.807, 2.05) is 6.92 Å². The summed E-state index contributed by atoms with van der Waals surface area (Å²) in [5, 5.41) is 8.48. The van der Waals surface area contributed by atoms with E-state index in [1.54, 1.807) is 0 Å². The predicted octanol–water partition coefficient (Wildman–Crippen LogP) is 2.84. The van der Waals surface area contributed by atoms with Crippen LogP contribution < -0.4 is 0 Å². The van der Waals surface area contributed by atoms with Crippen molar-refractivity contribution in [3.8, 4) is 0 Å². The van der Waals surface area contributed by atoms with Crippen LogP contribution >= 0.6 is 0 Å². The van der Waals surface area contributed by atoms with Crippen molar-refractivity contribution < 1.29 is 9.90 Å². The molecule has 0 bridgehead atoms. The molecule has 0 aliphatic rings. The molecule has 0 aliphatic heterocycles. The highest BCUT2D eigenvalue weighted by molar-refractivity contribution is 5.66. The largest absolute Gasteiger partial charge is 0.481 e. The molecular formula is C10H18O2. The standard InChI is InChI=1S/C10H18O2/c1-8(2)5-4-6-9(3)7-10(11)12/h5,9H,4,6-7H2,1-3H3,(H,11,12)/t9-/m1/s1. The lowest BCUT2D eigenvalue weighted by molar-refractivity contribution is -0.138. The highest BCUT2D eigenvalue weighted by Gasteiger charge is 2.05. The monoisotopic (exact) mass is 170 g/mol. The first-order chi connectivity index (χ1) is 5.52. The van der Waals surface area contributed by atoms with Crippen LogP contribution in [0.4, 0.5) is 0 Å². The summed E-state index contributed by atoms with van der Waals surface area (Å²) in [6.45, 7) is 6.09. The van der Waals surface area contributed by atoms with Gasteiger partial charge in [-0.3, -0.25) is 4.79 Å². The van der Waals surface area contributed by atoms with Crippen molar-refractivity contribution in [2.75, 3.05) is 0 Å². The summed E-state index contributed by atoms with van der Waals surface area (Å²) in [4.78, 5) is 10.3. The minimum absolute atomic E-state index is 0.288. The van der Waals surface area contributed by atoms with Crippen LogP contribution in [0.15, 0.2) is 11.6 Å². The van der Waals surface area contributed by atoms with E-state index in [1.165, 1.54) is 5.57 Å².